The van der Waals surface area contributed by atoms with Gasteiger partial charge in [-0.1, -0.05) is 6.08 Å². The summed E-state index contributed by atoms with van der Waals surface area (Å²) in [4.78, 5) is 12.0. The van der Waals surface area contributed by atoms with Crippen LogP contribution in [-0.2, 0) is 9.53 Å². The molecule has 0 spiro atoms. The van der Waals surface area contributed by atoms with Crippen LogP contribution in [-0.4, -0.2) is 55.0 Å². The van der Waals surface area contributed by atoms with Crippen molar-refractivity contribution in [1.82, 2.24) is 4.90 Å². The number of nitrogens with zero attached hydrogens (tertiary/aromatic N) is 1. The second-order valence-corrected chi connectivity index (χ2v) is 3.44. The molecular weight excluding hydrogens is 239 g/mol. The number of hydrogen-bond donors (Lipinski definition) is 1. The number of halogens is 3. The van der Waals surface area contributed by atoms with Crippen LogP contribution in [0.4, 0.5) is 13.2 Å². The van der Waals surface area contributed by atoms with Crippen molar-refractivity contribution in [2.24, 2.45) is 0 Å². The highest BCUT2D eigenvalue weighted by atomic mass is 19.4. The van der Waals surface area contributed by atoms with E-state index in [2.05, 4.69) is 11.3 Å². The quantitative estimate of drug-likeness (QED) is 0.501. The second-order valence-electron chi connectivity index (χ2n) is 3.44. The summed E-state index contributed by atoms with van der Waals surface area (Å²) in [7, 11) is 0. The van der Waals surface area contributed by atoms with E-state index in [9.17, 15) is 18.0 Å². The van der Waals surface area contributed by atoms with Crippen LogP contribution in [0.5, 0.6) is 0 Å². The Morgan fingerprint density at radius 3 is 2.59 bits per heavy atom. The Bertz CT molecular complexity index is 243. The fourth-order valence-corrected chi connectivity index (χ4v) is 1.19. The third-order valence-electron chi connectivity index (χ3n) is 1.77. The van der Waals surface area contributed by atoms with Gasteiger partial charge in [0.2, 0.25) is 0 Å². The molecule has 0 saturated heterocycles. The number of alkyl halides is 3. The molecular formula is C10H16F3NO3. The van der Waals surface area contributed by atoms with Crippen LogP contribution < -0.4 is 0 Å². The molecule has 0 amide bonds. The number of hydrogen-bond acceptors (Lipinski definition) is 3. The molecule has 0 aromatic carbocycles. The fourth-order valence-electron chi connectivity index (χ4n) is 1.19. The molecule has 1 N–H and O–H groups in total. The highest BCUT2D eigenvalue weighted by molar-refractivity contribution is 5.69. The fraction of sp³-hybridized carbons (Fsp3) is 0.700. The molecule has 0 aliphatic heterocycles. The van der Waals surface area contributed by atoms with Crippen molar-refractivity contribution < 1.29 is 27.8 Å². The molecule has 0 rings (SSSR count). The van der Waals surface area contributed by atoms with Gasteiger partial charge in [0.05, 0.1) is 6.54 Å². The highest BCUT2D eigenvalue weighted by Crippen LogP contribution is 2.14. The van der Waals surface area contributed by atoms with Crippen LogP contribution in [0.2, 0.25) is 0 Å². The summed E-state index contributed by atoms with van der Waals surface area (Å²) in [6.45, 7) is 2.73. The summed E-state index contributed by atoms with van der Waals surface area (Å²) in [5.41, 5.74) is 0. The first-order valence-corrected chi connectivity index (χ1v) is 5.04. The van der Waals surface area contributed by atoms with Crippen molar-refractivity contribution in [2.75, 3.05) is 32.8 Å². The van der Waals surface area contributed by atoms with E-state index in [-0.39, 0.29) is 13.2 Å². The largest absolute Gasteiger partial charge is 0.480 e. The number of carboxylic acids is 1. The zero-order valence-corrected chi connectivity index (χ0v) is 9.37. The minimum absolute atomic E-state index is 0.0488. The number of rotatable bonds is 9. The van der Waals surface area contributed by atoms with Gasteiger partial charge in [0.25, 0.3) is 0 Å². The summed E-state index contributed by atoms with van der Waals surface area (Å²) in [5.74, 6) is -0.983. The Labute approximate surface area is 97.7 Å². The lowest BCUT2D eigenvalue weighted by molar-refractivity contribution is -0.174. The van der Waals surface area contributed by atoms with Gasteiger partial charge in [-0.05, 0) is 6.42 Å². The summed E-state index contributed by atoms with van der Waals surface area (Å²) >= 11 is 0. The van der Waals surface area contributed by atoms with E-state index >= 15 is 0 Å². The standard InChI is InChI=1S/C10H16F3NO3/c1-2-4-14(7-9(15)16)5-3-6-17-8-10(11,12)13/h2H,1,3-8H2,(H,15,16). The SMILES string of the molecule is C=CCN(CCCOCC(F)(F)F)CC(=O)O. The van der Waals surface area contributed by atoms with Crippen molar-refractivity contribution in [1.29, 1.82) is 0 Å². The maximum absolute atomic E-state index is 11.7. The van der Waals surface area contributed by atoms with E-state index < -0.39 is 18.8 Å². The number of carbonyl (C=O) groups is 1. The zero-order chi connectivity index (χ0) is 13.3. The Kier molecular flexibility index (Phi) is 7.56. The number of aliphatic carboxylic acids is 1. The first-order valence-electron chi connectivity index (χ1n) is 5.04. The minimum Gasteiger partial charge on any atom is -0.480 e. The van der Waals surface area contributed by atoms with Crippen molar-refractivity contribution >= 4 is 5.97 Å². The molecule has 0 aromatic heterocycles. The van der Waals surface area contributed by atoms with Crippen LogP contribution in [0.3, 0.4) is 0 Å². The average Bonchev–Trinajstić information content (AvgIpc) is 2.14. The van der Waals surface area contributed by atoms with E-state index in [0.29, 0.717) is 19.5 Å². The van der Waals surface area contributed by atoms with Crippen LogP contribution in [0.15, 0.2) is 12.7 Å². The Hall–Kier alpha value is -1.08. The topological polar surface area (TPSA) is 49.8 Å². The maximum atomic E-state index is 11.7. The van der Waals surface area contributed by atoms with Crippen molar-refractivity contribution in [3.8, 4) is 0 Å². The molecule has 0 aliphatic carbocycles. The number of ether oxygens (including phenoxy) is 1. The van der Waals surface area contributed by atoms with Crippen LogP contribution in [0.1, 0.15) is 6.42 Å². The van der Waals surface area contributed by atoms with Gasteiger partial charge in [0, 0.05) is 19.7 Å². The summed E-state index contributed by atoms with van der Waals surface area (Å²) in [6, 6.07) is 0. The third-order valence-corrected chi connectivity index (χ3v) is 1.77. The molecule has 0 atom stereocenters. The monoisotopic (exact) mass is 255 g/mol. The maximum Gasteiger partial charge on any atom is 0.411 e. The third kappa shape index (κ3) is 11.2. The van der Waals surface area contributed by atoms with Gasteiger partial charge in [-0.3, -0.25) is 9.69 Å². The lowest BCUT2D eigenvalue weighted by atomic mass is 10.3. The molecule has 0 fully saturated rings. The predicted molar refractivity (Wildman–Crippen MR) is 55.8 cm³/mol. The van der Waals surface area contributed by atoms with Gasteiger partial charge in [-0.15, -0.1) is 6.58 Å². The van der Waals surface area contributed by atoms with Gasteiger partial charge >= 0.3 is 12.1 Å². The van der Waals surface area contributed by atoms with Gasteiger partial charge in [0.1, 0.15) is 6.61 Å². The molecule has 17 heavy (non-hydrogen) atoms. The molecule has 100 valence electrons. The second kappa shape index (κ2) is 8.08. The first-order chi connectivity index (χ1) is 7.85. The summed E-state index contributed by atoms with van der Waals surface area (Å²) in [6.07, 6.45) is -2.43. The molecule has 4 nitrogen and oxygen atoms in total. The summed E-state index contributed by atoms with van der Waals surface area (Å²) in [5, 5.41) is 8.56. The minimum atomic E-state index is -4.32. The molecule has 0 heterocycles. The molecule has 0 saturated carbocycles. The molecule has 0 unspecified atom stereocenters. The van der Waals surface area contributed by atoms with Crippen molar-refractivity contribution in [3.05, 3.63) is 12.7 Å². The molecule has 0 bridgehead atoms. The lowest BCUT2D eigenvalue weighted by Crippen LogP contribution is -2.31. The van der Waals surface area contributed by atoms with Crippen molar-refractivity contribution in [3.63, 3.8) is 0 Å². The Morgan fingerprint density at radius 1 is 1.47 bits per heavy atom. The smallest absolute Gasteiger partial charge is 0.411 e. The average molecular weight is 255 g/mol. The van der Waals surface area contributed by atoms with Gasteiger partial charge < -0.3 is 9.84 Å². The van der Waals surface area contributed by atoms with Crippen molar-refractivity contribution in [2.45, 2.75) is 12.6 Å². The Morgan fingerprint density at radius 2 is 2.12 bits per heavy atom. The van der Waals surface area contributed by atoms with E-state index in [1.807, 2.05) is 0 Å². The lowest BCUT2D eigenvalue weighted by Gasteiger charge is -2.18. The van der Waals surface area contributed by atoms with Crippen LogP contribution in [0, 0.1) is 0 Å². The molecule has 0 aliphatic rings. The van der Waals surface area contributed by atoms with E-state index in [0.717, 1.165) is 0 Å². The van der Waals surface area contributed by atoms with Crippen LogP contribution >= 0.6 is 0 Å². The zero-order valence-electron chi connectivity index (χ0n) is 9.37. The summed E-state index contributed by atoms with van der Waals surface area (Å²) < 4.78 is 39.5. The number of carboxylic acid groups (broad SMARTS) is 1. The van der Waals surface area contributed by atoms with Gasteiger partial charge in [0.15, 0.2) is 0 Å². The molecule has 7 heteroatoms. The van der Waals surface area contributed by atoms with E-state index in [1.165, 1.54) is 0 Å². The molecule has 0 radical (unpaired) electrons. The van der Waals surface area contributed by atoms with E-state index in [4.69, 9.17) is 5.11 Å². The van der Waals surface area contributed by atoms with Gasteiger partial charge in [-0.2, -0.15) is 13.2 Å². The van der Waals surface area contributed by atoms with Crippen LogP contribution in [0.25, 0.3) is 0 Å². The highest BCUT2D eigenvalue weighted by Gasteiger charge is 2.27. The van der Waals surface area contributed by atoms with E-state index in [1.54, 1.807) is 11.0 Å². The molecule has 0 aromatic rings. The van der Waals surface area contributed by atoms with Gasteiger partial charge in [-0.25, -0.2) is 0 Å². The first kappa shape index (κ1) is 15.9. The Balaban J connectivity index is 3.67. The predicted octanol–water partition coefficient (Wildman–Crippen LogP) is 1.53. The normalized spacial score (nSPS) is 11.8.